The highest BCUT2D eigenvalue weighted by atomic mass is 16.6. The summed E-state index contributed by atoms with van der Waals surface area (Å²) in [6, 6.07) is 15.6. The van der Waals surface area contributed by atoms with E-state index in [0.29, 0.717) is 66.5 Å². The van der Waals surface area contributed by atoms with Crippen molar-refractivity contribution < 1.29 is 19.0 Å². The van der Waals surface area contributed by atoms with Gasteiger partial charge in [-0.15, -0.1) is 0 Å². The summed E-state index contributed by atoms with van der Waals surface area (Å²) in [6.45, 7) is 10.6. The number of H-pyrrole nitrogens is 1. The Morgan fingerprint density at radius 1 is 1.02 bits per heavy atom. The Bertz CT molecular complexity index is 1680. The summed E-state index contributed by atoms with van der Waals surface area (Å²) in [6.07, 6.45) is 4.93. The highest BCUT2D eigenvalue weighted by Gasteiger charge is 2.28. The predicted molar refractivity (Wildman–Crippen MR) is 170 cm³/mol. The molecule has 45 heavy (non-hydrogen) atoms. The maximum atomic E-state index is 12.4. The van der Waals surface area contributed by atoms with Crippen LogP contribution in [0.5, 0.6) is 11.5 Å². The van der Waals surface area contributed by atoms with Crippen LogP contribution in [0.3, 0.4) is 0 Å². The van der Waals surface area contributed by atoms with Gasteiger partial charge in [-0.2, -0.15) is 5.26 Å². The number of imidazole rings is 1. The first-order valence-electron chi connectivity index (χ1n) is 15.6. The molecule has 0 bridgehead atoms. The number of fused-ring (bicyclic) bond motifs is 1. The van der Waals surface area contributed by atoms with Gasteiger partial charge in [-0.1, -0.05) is 0 Å². The lowest BCUT2D eigenvalue weighted by Crippen LogP contribution is -2.44. The van der Waals surface area contributed by atoms with Crippen molar-refractivity contribution in [2.75, 3.05) is 39.3 Å². The largest absolute Gasteiger partial charge is 0.492 e. The number of rotatable bonds is 8. The third kappa shape index (κ3) is 7.35. The molecule has 0 saturated carbocycles. The SMILES string of the molecule is CC(C)(C)OC(=O)N1CCC(Oc2ccc(-c3ncnc4[nH]c(-c5ccc(OCCN6CCCC6)cc5)nc34)cc2C#N)CC1. The highest BCUT2D eigenvalue weighted by Crippen LogP contribution is 2.32. The van der Waals surface area contributed by atoms with Gasteiger partial charge in [0.05, 0.1) is 5.56 Å². The van der Waals surface area contributed by atoms with E-state index >= 15 is 0 Å². The molecule has 4 heterocycles. The minimum atomic E-state index is -0.534. The van der Waals surface area contributed by atoms with E-state index in [-0.39, 0.29) is 12.2 Å². The van der Waals surface area contributed by atoms with Crippen LogP contribution in [0.15, 0.2) is 48.8 Å². The molecule has 234 valence electrons. The van der Waals surface area contributed by atoms with Crippen LogP contribution in [0.1, 0.15) is 52.0 Å². The number of amides is 1. The minimum absolute atomic E-state index is 0.108. The number of aromatic nitrogens is 4. The van der Waals surface area contributed by atoms with Gasteiger partial charge in [0.25, 0.3) is 0 Å². The van der Waals surface area contributed by atoms with Crippen molar-refractivity contribution in [3.05, 3.63) is 54.4 Å². The van der Waals surface area contributed by atoms with Crippen molar-refractivity contribution in [2.24, 2.45) is 0 Å². The molecule has 2 aliphatic heterocycles. The summed E-state index contributed by atoms with van der Waals surface area (Å²) in [5.41, 5.74) is 3.37. The number of likely N-dealkylation sites (tertiary alicyclic amines) is 2. The summed E-state index contributed by atoms with van der Waals surface area (Å²) >= 11 is 0. The monoisotopic (exact) mass is 609 g/mol. The normalized spacial score (nSPS) is 16.1. The van der Waals surface area contributed by atoms with E-state index < -0.39 is 5.60 Å². The number of nitrogens with one attached hydrogen (secondary N) is 1. The Hall–Kier alpha value is -4.69. The van der Waals surface area contributed by atoms with Crippen molar-refractivity contribution in [1.82, 2.24) is 29.7 Å². The fourth-order valence-corrected chi connectivity index (χ4v) is 5.71. The molecule has 2 saturated heterocycles. The first-order valence-corrected chi connectivity index (χ1v) is 15.6. The third-order valence-corrected chi connectivity index (χ3v) is 8.05. The van der Waals surface area contributed by atoms with E-state index in [0.717, 1.165) is 36.5 Å². The lowest BCUT2D eigenvalue weighted by molar-refractivity contribution is 0.0126. The van der Waals surface area contributed by atoms with Gasteiger partial charge in [0, 0.05) is 43.6 Å². The second-order valence-electron chi connectivity index (χ2n) is 12.5. The van der Waals surface area contributed by atoms with E-state index in [4.69, 9.17) is 19.2 Å². The topological polar surface area (TPSA) is 129 Å². The number of carbonyl (C=O) groups is 1. The first-order chi connectivity index (χ1) is 21.8. The minimum Gasteiger partial charge on any atom is -0.492 e. The van der Waals surface area contributed by atoms with Crippen molar-refractivity contribution in [2.45, 2.75) is 58.2 Å². The highest BCUT2D eigenvalue weighted by molar-refractivity contribution is 5.89. The molecule has 2 fully saturated rings. The second-order valence-corrected chi connectivity index (χ2v) is 12.5. The molecule has 6 rings (SSSR count). The number of nitrogens with zero attached hydrogens (tertiary/aromatic N) is 6. The molecule has 2 aromatic heterocycles. The zero-order valence-corrected chi connectivity index (χ0v) is 26.1. The first kappa shape index (κ1) is 30.3. The Morgan fingerprint density at radius 3 is 2.47 bits per heavy atom. The summed E-state index contributed by atoms with van der Waals surface area (Å²) < 4.78 is 17.7. The zero-order chi connectivity index (χ0) is 31.4. The number of hydrogen-bond acceptors (Lipinski definition) is 9. The summed E-state index contributed by atoms with van der Waals surface area (Å²) in [7, 11) is 0. The van der Waals surface area contributed by atoms with Crippen LogP contribution < -0.4 is 9.47 Å². The molecule has 2 aliphatic rings. The fraction of sp³-hybridized carbons (Fsp3) is 0.441. The van der Waals surface area contributed by atoms with E-state index in [1.54, 1.807) is 17.0 Å². The zero-order valence-electron chi connectivity index (χ0n) is 26.1. The van der Waals surface area contributed by atoms with Gasteiger partial charge in [-0.05, 0) is 89.2 Å². The van der Waals surface area contributed by atoms with Gasteiger partial charge < -0.3 is 24.1 Å². The van der Waals surface area contributed by atoms with E-state index in [1.165, 1.54) is 19.2 Å². The van der Waals surface area contributed by atoms with Crippen LogP contribution in [0.2, 0.25) is 0 Å². The number of ether oxygens (including phenoxy) is 3. The average Bonchev–Trinajstić information content (AvgIpc) is 3.71. The molecule has 0 spiro atoms. The number of piperidine rings is 1. The number of benzene rings is 2. The lowest BCUT2D eigenvalue weighted by Gasteiger charge is -2.33. The van der Waals surface area contributed by atoms with Gasteiger partial charge in [0.1, 0.15) is 59.2 Å². The lowest BCUT2D eigenvalue weighted by atomic mass is 10.1. The van der Waals surface area contributed by atoms with Crippen molar-refractivity contribution in [3.8, 4) is 40.2 Å². The van der Waals surface area contributed by atoms with Crippen molar-refractivity contribution >= 4 is 17.3 Å². The molecule has 0 atom stereocenters. The third-order valence-electron chi connectivity index (χ3n) is 8.05. The maximum Gasteiger partial charge on any atom is 0.410 e. The van der Waals surface area contributed by atoms with Crippen LogP contribution in [-0.2, 0) is 4.74 Å². The average molecular weight is 610 g/mol. The number of nitriles is 1. The molecule has 0 unspecified atom stereocenters. The Labute approximate surface area is 263 Å². The maximum absolute atomic E-state index is 12.4. The molecule has 1 amide bonds. The molecular weight excluding hydrogens is 570 g/mol. The van der Waals surface area contributed by atoms with Crippen LogP contribution in [0, 0.1) is 11.3 Å². The number of aromatic amines is 1. The fourth-order valence-electron chi connectivity index (χ4n) is 5.71. The van der Waals surface area contributed by atoms with Crippen molar-refractivity contribution in [1.29, 1.82) is 5.26 Å². The van der Waals surface area contributed by atoms with Crippen LogP contribution in [0.25, 0.3) is 33.8 Å². The molecule has 0 radical (unpaired) electrons. The van der Waals surface area contributed by atoms with Gasteiger partial charge in [-0.25, -0.2) is 19.7 Å². The molecule has 11 heteroatoms. The molecule has 0 aliphatic carbocycles. The van der Waals surface area contributed by atoms with Gasteiger partial charge in [0.15, 0.2) is 5.65 Å². The van der Waals surface area contributed by atoms with Gasteiger partial charge in [0.2, 0.25) is 0 Å². The summed E-state index contributed by atoms with van der Waals surface area (Å²) in [5, 5.41) is 9.97. The summed E-state index contributed by atoms with van der Waals surface area (Å²) in [4.78, 5) is 33.6. The number of carbonyl (C=O) groups excluding carboxylic acids is 1. The molecular formula is C34H39N7O4. The molecule has 4 aromatic rings. The van der Waals surface area contributed by atoms with Gasteiger partial charge >= 0.3 is 6.09 Å². The number of hydrogen-bond donors (Lipinski definition) is 1. The van der Waals surface area contributed by atoms with Crippen LogP contribution in [-0.4, -0.2) is 86.9 Å². The van der Waals surface area contributed by atoms with Crippen molar-refractivity contribution in [3.63, 3.8) is 0 Å². The van der Waals surface area contributed by atoms with Gasteiger partial charge in [-0.3, -0.25) is 4.90 Å². The molecule has 2 aromatic carbocycles. The molecule has 11 nitrogen and oxygen atoms in total. The second kappa shape index (κ2) is 13.1. The molecule has 1 N–H and O–H groups in total. The Balaban J connectivity index is 1.12. The standard InChI is InChI=1S/C34H39N7O4/c1-34(2,3)45-33(42)41-16-12-27(13-17-41)44-28-11-8-24(20-25(28)21-35)29-30-32(37-22-36-29)39-31(38-30)23-6-9-26(10-7-23)43-19-18-40-14-4-5-15-40/h6-11,20,22,27H,4-5,12-19H2,1-3H3,(H,36,37,38,39). The summed E-state index contributed by atoms with van der Waals surface area (Å²) in [5.74, 6) is 2.01. The van der Waals surface area contributed by atoms with E-state index in [2.05, 4.69) is 25.9 Å². The van der Waals surface area contributed by atoms with Crippen LogP contribution >= 0.6 is 0 Å². The smallest absolute Gasteiger partial charge is 0.410 e. The Kier molecular flexibility index (Phi) is 8.85. The van der Waals surface area contributed by atoms with E-state index in [9.17, 15) is 10.1 Å². The van der Waals surface area contributed by atoms with Crippen LogP contribution in [0.4, 0.5) is 4.79 Å². The van der Waals surface area contributed by atoms with E-state index in [1.807, 2.05) is 51.1 Å². The quantitative estimate of drug-likeness (QED) is 0.263. The predicted octanol–water partition coefficient (Wildman–Crippen LogP) is 5.81. The Morgan fingerprint density at radius 2 is 1.76 bits per heavy atom.